The Bertz CT molecular complexity index is 1380. The lowest BCUT2D eigenvalue weighted by Gasteiger charge is -2.15. The number of carbonyl (C=O) groups excluding carboxylic acids is 1. The maximum Gasteiger partial charge on any atom is 0.363 e. The molecule has 0 unspecified atom stereocenters. The fourth-order valence-corrected chi connectivity index (χ4v) is 4.01. The van der Waals surface area contributed by atoms with Crippen LogP contribution in [0.4, 0.5) is 13.2 Å². The van der Waals surface area contributed by atoms with Gasteiger partial charge >= 0.3 is 5.97 Å². The van der Waals surface area contributed by atoms with E-state index < -0.39 is 23.4 Å². The Morgan fingerprint density at radius 3 is 2.54 bits per heavy atom. The van der Waals surface area contributed by atoms with Crippen LogP contribution in [0.5, 0.6) is 11.5 Å². The van der Waals surface area contributed by atoms with Crippen molar-refractivity contribution in [1.29, 1.82) is 0 Å². The molecule has 0 bridgehead atoms. The van der Waals surface area contributed by atoms with Crippen molar-refractivity contribution in [3.8, 4) is 11.5 Å². The van der Waals surface area contributed by atoms with Gasteiger partial charge in [0.2, 0.25) is 5.90 Å². The molecule has 0 spiro atoms. The van der Waals surface area contributed by atoms with Crippen LogP contribution in [0.2, 0.25) is 5.02 Å². The molecule has 5 nitrogen and oxygen atoms in total. The van der Waals surface area contributed by atoms with Crippen molar-refractivity contribution in [2.45, 2.75) is 13.5 Å². The summed E-state index contributed by atoms with van der Waals surface area (Å²) in [5, 5.41) is -0.158. The van der Waals surface area contributed by atoms with E-state index in [9.17, 15) is 18.0 Å². The number of esters is 1. The lowest BCUT2D eigenvalue weighted by atomic mass is 10.1. The fraction of sp³-hybridized carbons (Fsp3) is 0.120. The minimum absolute atomic E-state index is 0.0270. The zero-order chi connectivity index (χ0) is 25.1. The molecular weight excluding hydrogens is 551 g/mol. The van der Waals surface area contributed by atoms with E-state index in [4.69, 9.17) is 25.8 Å². The van der Waals surface area contributed by atoms with Crippen LogP contribution in [0.1, 0.15) is 23.6 Å². The third-order valence-electron chi connectivity index (χ3n) is 4.83. The summed E-state index contributed by atoms with van der Waals surface area (Å²) in [5.74, 6) is -3.03. The predicted octanol–water partition coefficient (Wildman–Crippen LogP) is 6.84. The molecule has 1 aliphatic heterocycles. The Balaban J connectivity index is 1.64. The fourth-order valence-electron chi connectivity index (χ4n) is 3.21. The van der Waals surface area contributed by atoms with E-state index in [0.29, 0.717) is 33.7 Å². The molecule has 35 heavy (non-hydrogen) atoms. The second kappa shape index (κ2) is 10.5. The molecule has 0 N–H and O–H groups in total. The summed E-state index contributed by atoms with van der Waals surface area (Å²) in [6, 6.07) is 11.1. The molecule has 4 rings (SSSR count). The number of carbonyl (C=O) groups is 1. The largest absolute Gasteiger partial charge is 0.490 e. The number of rotatable bonds is 7. The van der Waals surface area contributed by atoms with E-state index in [1.54, 1.807) is 37.3 Å². The summed E-state index contributed by atoms with van der Waals surface area (Å²) in [5.41, 5.74) is 0.733. The normalized spacial score (nSPS) is 14.2. The van der Waals surface area contributed by atoms with Crippen LogP contribution in [0.3, 0.4) is 0 Å². The number of halogens is 5. The molecule has 0 radical (unpaired) electrons. The first-order valence-corrected chi connectivity index (χ1v) is 11.4. The molecule has 3 aromatic carbocycles. The van der Waals surface area contributed by atoms with Gasteiger partial charge in [0.05, 0.1) is 21.7 Å². The molecule has 0 aromatic heterocycles. The molecule has 10 heteroatoms. The van der Waals surface area contributed by atoms with Gasteiger partial charge in [-0.1, -0.05) is 29.8 Å². The third kappa shape index (κ3) is 5.52. The van der Waals surface area contributed by atoms with Gasteiger partial charge < -0.3 is 14.2 Å². The second-order valence-electron chi connectivity index (χ2n) is 7.23. The average molecular weight is 567 g/mol. The van der Waals surface area contributed by atoms with E-state index in [1.165, 1.54) is 12.1 Å². The van der Waals surface area contributed by atoms with Crippen molar-refractivity contribution in [2.75, 3.05) is 6.61 Å². The summed E-state index contributed by atoms with van der Waals surface area (Å²) in [4.78, 5) is 16.4. The lowest BCUT2D eigenvalue weighted by molar-refractivity contribution is -0.129. The highest BCUT2D eigenvalue weighted by Crippen LogP contribution is 2.38. The minimum Gasteiger partial charge on any atom is -0.490 e. The van der Waals surface area contributed by atoms with Crippen molar-refractivity contribution in [3.63, 3.8) is 0 Å². The van der Waals surface area contributed by atoms with Crippen LogP contribution in [0.25, 0.3) is 6.08 Å². The molecule has 0 atom stereocenters. The van der Waals surface area contributed by atoms with Crippen LogP contribution in [-0.2, 0) is 16.1 Å². The minimum atomic E-state index is -1.16. The first-order valence-electron chi connectivity index (χ1n) is 10.3. The van der Waals surface area contributed by atoms with Crippen LogP contribution in [-0.4, -0.2) is 18.5 Å². The summed E-state index contributed by atoms with van der Waals surface area (Å²) < 4.78 is 58.1. The van der Waals surface area contributed by atoms with Crippen LogP contribution < -0.4 is 9.47 Å². The second-order valence-corrected chi connectivity index (χ2v) is 8.49. The zero-order valence-corrected chi connectivity index (χ0v) is 20.4. The maximum atomic E-state index is 14.0. The number of benzene rings is 3. The highest BCUT2D eigenvalue weighted by molar-refractivity contribution is 9.10. The van der Waals surface area contributed by atoms with Crippen LogP contribution >= 0.6 is 27.5 Å². The van der Waals surface area contributed by atoms with Crippen LogP contribution in [0.15, 0.2) is 63.7 Å². The summed E-state index contributed by atoms with van der Waals surface area (Å²) >= 11 is 9.38. The van der Waals surface area contributed by atoms with Gasteiger partial charge in [-0.3, -0.25) is 0 Å². The first-order chi connectivity index (χ1) is 16.8. The van der Waals surface area contributed by atoms with Gasteiger partial charge in [0.15, 0.2) is 28.8 Å². The number of hydrogen-bond acceptors (Lipinski definition) is 5. The molecule has 0 amide bonds. The van der Waals surface area contributed by atoms with Crippen molar-refractivity contribution in [2.24, 2.45) is 4.99 Å². The summed E-state index contributed by atoms with van der Waals surface area (Å²) in [6.07, 6.45) is 1.43. The van der Waals surface area contributed by atoms with Gasteiger partial charge in [-0.2, -0.15) is 0 Å². The van der Waals surface area contributed by atoms with Gasteiger partial charge in [-0.15, -0.1) is 0 Å². The molecular formula is C25H16BrClF3NO4. The molecule has 3 aromatic rings. The van der Waals surface area contributed by atoms with E-state index >= 15 is 0 Å². The number of aliphatic imine (C=N–C) groups is 1. The van der Waals surface area contributed by atoms with E-state index in [-0.39, 0.29) is 28.8 Å². The monoisotopic (exact) mass is 565 g/mol. The number of cyclic esters (lactones) is 1. The van der Waals surface area contributed by atoms with Gasteiger partial charge in [-0.25, -0.2) is 23.0 Å². The van der Waals surface area contributed by atoms with Gasteiger partial charge in [0.25, 0.3) is 0 Å². The Morgan fingerprint density at radius 2 is 1.80 bits per heavy atom. The first kappa shape index (κ1) is 24.8. The molecule has 0 saturated heterocycles. The molecule has 1 aliphatic rings. The topological polar surface area (TPSA) is 57.1 Å². The summed E-state index contributed by atoms with van der Waals surface area (Å²) in [6.45, 7) is 2.08. The molecule has 1 heterocycles. The Labute approximate surface area is 211 Å². The Morgan fingerprint density at radius 1 is 1.06 bits per heavy atom. The summed E-state index contributed by atoms with van der Waals surface area (Å²) in [7, 11) is 0. The van der Waals surface area contributed by atoms with Crippen LogP contribution in [0, 0.1) is 17.5 Å². The van der Waals surface area contributed by atoms with E-state index in [0.717, 1.165) is 12.1 Å². The third-order valence-corrected chi connectivity index (χ3v) is 5.73. The SMILES string of the molecule is CCOc1cc(/C=C2\N=C(c3cc(F)c(F)cc3Cl)OC2=O)cc(Br)c1OCc1ccccc1F. The predicted molar refractivity (Wildman–Crippen MR) is 128 cm³/mol. The molecule has 180 valence electrons. The molecule has 0 saturated carbocycles. The van der Waals surface area contributed by atoms with Crippen molar-refractivity contribution < 1.29 is 32.2 Å². The quantitative estimate of drug-likeness (QED) is 0.178. The van der Waals surface area contributed by atoms with Crippen molar-refractivity contribution in [1.82, 2.24) is 0 Å². The Hall–Kier alpha value is -3.30. The number of nitrogens with zero attached hydrogens (tertiary/aromatic N) is 1. The Kier molecular flexibility index (Phi) is 7.47. The standard InChI is InChI=1S/C25H16BrClF3NO4/c1-2-33-22-9-13(7-16(26)23(22)34-12-14-5-3-4-6-18(14)28)8-21-25(32)35-24(31-21)15-10-19(29)20(30)11-17(15)27/h3-11H,2,12H2,1H3/b21-8-. The molecule has 0 aliphatic carbocycles. The van der Waals surface area contributed by atoms with Crippen molar-refractivity contribution in [3.05, 3.63) is 97.9 Å². The lowest BCUT2D eigenvalue weighted by Crippen LogP contribution is -2.07. The number of ether oxygens (including phenoxy) is 3. The average Bonchev–Trinajstić information content (AvgIpc) is 3.16. The van der Waals surface area contributed by atoms with Gasteiger partial charge in [0.1, 0.15) is 12.4 Å². The highest BCUT2D eigenvalue weighted by atomic mass is 79.9. The van der Waals surface area contributed by atoms with Crippen molar-refractivity contribution >= 4 is 45.5 Å². The van der Waals surface area contributed by atoms with Gasteiger partial charge in [0, 0.05) is 5.56 Å². The number of hydrogen-bond donors (Lipinski definition) is 0. The van der Waals surface area contributed by atoms with Gasteiger partial charge in [-0.05, 0) is 64.8 Å². The van der Waals surface area contributed by atoms with E-state index in [1.807, 2.05) is 0 Å². The molecule has 0 fully saturated rings. The smallest absolute Gasteiger partial charge is 0.363 e. The highest BCUT2D eigenvalue weighted by Gasteiger charge is 2.27. The maximum absolute atomic E-state index is 14.0. The zero-order valence-electron chi connectivity index (χ0n) is 18.1. The van der Waals surface area contributed by atoms with E-state index in [2.05, 4.69) is 20.9 Å².